The zero-order chi connectivity index (χ0) is 15.2. The van der Waals surface area contributed by atoms with Crippen LogP contribution in [0.4, 0.5) is 0 Å². The minimum Gasteiger partial charge on any atom is -0.333 e. The van der Waals surface area contributed by atoms with E-state index in [1.165, 1.54) is 5.69 Å². The van der Waals surface area contributed by atoms with Gasteiger partial charge >= 0.3 is 0 Å². The standard InChI is InChI=1S/C13H26N4O2S/c1-5-8-20(18,19)16-9-11(2)14-6-7-17-10-15-12(3)13(17)4/h10-11,14,16H,5-9H2,1-4H3. The lowest BCUT2D eigenvalue weighted by atomic mass is 10.3. The Bertz CT molecular complexity index is 510. The predicted molar refractivity (Wildman–Crippen MR) is 81.2 cm³/mol. The number of rotatable bonds is 9. The minimum absolute atomic E-state index is 0.103. The molecule has 1 rings (SSSR count). The van der Waals surface area contributed by atoms with Crippen LogP contribution in [0.15, 0.2) is 6.33 Å². The molecule has 20 heavy (non-hydrogen) atoms. The molecule has 0 aliphatic carbocycles. The van der Waals surface area contributed by atoms with E-state index in [-0.39, 0.29) is 11.8 Å². The van der Waals surface area contributed by atoms with Crippen LogP contribution >= 0.6 is 0 Å². The summed E-state index contributed by atoms with van der Waals surface area (Å²) in [5.41, 5.74) is 2.22. The van der Waals surface area contributed by atoms with Crippen molar-refractivity contribution in [1.29, 1.82) is 0 Å². The summed E-state index contributed by atoms with van der Waals surface area (Å²) in [5, 5.41) is 3.31. The largest absolute Gasteiger partial charge is 0.333 e. The molecule has 0 radical (unpaired) electrons. The third-order valence-electron chi connectivity index (χ3n) is 3.27. The number of imidazole rings is 1. The summed E-state index contributed by atoms with van der Waals surface area (Å²) in [6, 6.07) is 0.103. The van der Waals surface area contributed by atoms with E-state index in [0.717, 1.165) is 18.8 Å². The van der Waals surface area contributed by atoms with Gasteiger partial charge in [-0.2, -0.15) is 0 Å². The highest BCUT2D eigenvalue weighted by Crippen LogP contribution is 2.03. The van der Waals surface area contributed by atoms with Gasteiger partial charge in [0.25, 0.3) is 0 Å². The molecule has 2 N–H and O–H groups in total. The van der Waals surface area contributed by atoms with Crippen LogP contribution in [0.3, 0.4) is 0 Å². The Morgan fingerprint density at radius 1 is 1.40 bits per heavy atom. The van der Waals surface area contributed by atoms with Crippen molar-refractivity contribution in [3.8, 4) is 0 Å². The third-order valence-corrected chi connectivity index (χ3v) is 4.83. The van der Waals surface area contributed by atoms with E-state index in [1.54, 1.807) is 0 Å². The zero-order valence-electron chi connectivity index (χ0n) is 12.8. The van der Waals surface area contributed by atoms with Crippen LogP contribution in [0.5, 0.6) is 0 Å². The summed E-state index contributed by atoms with van der Waals surface area (Å²) in [7, 11) is -3.11. The highest BCUT2D eigenvalue weighted by atomic mass is 32.2. The van der Waals surface area contributed by atoms with Crippen molar-refractivity contribution in [1.82, 2.24) is 19.6 Å². The summed E-state index contributed by atoms with van der Waals surface area (Å²) < 4.78 is 27.8. The summed E-state index contributed by atoms with van der Waals surface area (Å²) in [6.07, 6.45) is 2.47. The van der Waals surface area contributed by atoms with Crippen molar-refractivity contribution in [2.24, 2.45) is 0 Å². The van der Waals surface area contributed by atoms with Crippen molar-refractivity contribution < 1.29 is 8.42 Å². The van der Waals surface area contributed by atoms with Crippen LogP contribution in [0.2, 0.25) is 0 Å². The zero-order valence-corrected chi connectivity index (χ0v) is 13.6. The van der Waals surface area contributed by atoms with Crippen LogP contribution < -0.4 is 10.0 Å². The topological polar surface area (TPSA) is 76.0 Å². The fourth-order valence-electron chi connectivity index (χ4n) is 1.87. The number of aromatic nitrogens is 2. The molecule has 116 valence electrons. The van der Waals surface area contributed by atoms with E-state index in [1.807, 2.05) is 34.0 Å². The number of sulfonamides is 1. The van der Waals surface area contributed by atoms with Gasteiger partial charge in [0.05, 0.1) is 17.8 Å². The Balaban J connectivity index is 2.27. The molecule has 1 heterocycles. The van der Waals surface area contributed by atoms with Gasteiger partial charge in [-0.05, 0) is 27.2 Å². The lowest BCUT2D eigenvalue weighted by Gasteiger charge is -2.15. The molecule has 1 aromatic rings. The Hall–Kier alpha value is -0.920. The molecular weight excluding hydrogens is 276 g/mol. The molecule has 0 amide bonds. The fraction of sp³-hybridized carbons (Fsp3) is 0.769. The lowest BCUT2D eigenvalue weighted by Crippen LogP contribution is -2.40. The number of hydrogen-bond donors (Lipinski definition) is 2. The van der Waals surface area contributed by atoms with Crippen LogP contribution in [-0.2, 0) is 16.6 Å². The number of nitrogens with zero attached hydrogens (tertiary/aromatic N) is 2. The average Bonchev–Trinajstić information content (AvgIpc) is 2.68. The first-order valence-corrected chi connectivity index (χ1v) is 8.70. The van der Waals surface area contributed by atoms with Gasteiger partial charge in [0.2, 0.25) is 10.0 Å². The highest BCUT2D eigenvalue weighted by molar-refractivity contribution is 7.89. The van der Waals surface area contributed by atoms with Crippen LogP contribution in [0.25, 0.3) is 0 Å². The molecule has 1 unspecified atom stereocenters. The van der Waals surface area contributed by atoms with E-state index in [0.29, 0.717) is 13.0 Å². The summed E-state index contributed by atoms with van der Waals surface area (Å²) in [4.78, 5) is 4.25. The Kier molecular flexibility index (Phi) is 6.64. The minimum atomic E-state index is -3.11. The van der Waals surface area contributed by atoms with Crippen LogP contribution in [0.1, 0.15) is 31.7 Å². The monoisotopic (exact) mass is 302 g/mol. The molecule has 0 saturated heterocycles. The maximum Gasteiger partial charge on any atom is 0.211 e. The SMILES string of the molecule is CCCS(=O)(=O)NCC(C)NCCn1cnc(C)c1C. The Labute approximate surface area is 122 Å². The summed E-state index contributed by atoms with van der Waals surface area (Å²) in [5.74, 6) is 0.188. The van der Waals surface area contributed by atoms with E-state index in [4.69, 9.17) is 0 Å². The summed E-state index contributed by atoms with van der Waals surface area (Å²) in [6.45, 7) is 9.90. The highest BCUT2D eigenvalue weighted by Gasteiger charge is 2.10. The Morgan fingerprint density at radius 3 is 2.65 bits per heavy atom. The maximum atomic E-state index is 11.5. The number of hydrogen-bond acceptors (Lipinski definition) is 4. The van der Waals surface area contributed by atoms with E-state index < -0.39 is 10.0 Å². The second kappa shape index (κ2) is 7.75. The molecule has 7 heteroatoms. The third kappa shape index (κ3) is 5.60. The first kappa shape index (κ1) is 17.1. The molecule has 0 saturated carbocycles. The Morgan fingerprint density at radius 2 is 2.10 bits per heavy atom. The van der Waals surface area contributed by atoms with Crippen molar-refractivity contribution in [2.45, 2.75) is 46.7 Å². The van der Waals surface area contributed by atoms with E-state index in [9.17, 15) is 8.42 Å². The molecule has 0 aromatic carbocycles. The molecule has 0 aliphatic rings. The van der Waals surface area contributed by atoms with Gasteiger partial charge in [0.1, 0.15) is 0 Å². The van der Waals surface area contributed by atoms with Gasteiger partial charge < -0.3 is 9.88 Å². The van der Waals surface area contributed by atoms with Crippen LogP contribution in [0, 0.1) is 13.8 Å². The van der Waals surface area contributed by atoms with Crippen molar-refractivity contribution in [3.63, 3.8) is 0 Å². The normalized spacial score (nSPS) is 13.6. The average molecular weight is 302 g/mol. The van der Waals surface area contributed by atoms with Gasteiger partial charge in [0, 0.05) is 31.4 Å². The molecule has 6 nitrogen and oxygen atoms in total. The number of nitrogens with one attached hydrogen (secondary N) is 2. The smallest absolute Gasteiger partial charge is 0.211 e. The van der Waals surface area contributed by atoms with Crippen molar-refractivity contribution in [2.75, 3.05) is 18.8 Å². The van der Waals surface area contributed by atoms with Gasteiger partial charge in [-0.25, -0.2) is 18.1 Å². The molecule has 1 atom stereocenters. The van der Waals surface area contributed by atoms with Crippen molar-refractivity contribution >= 4 is 10.0 Å². The van der Waals surface area contributed by atoms with Crippen LogP contribution in [-0.4, -0.2) is 42.9 Å². The first-order chi connectivity index (χ1) is 9.35. The predicted octanol–water partition coefficient (Wildman–Crippen LogP) is 0.807. The molecule has 0 aliphatic heterocycles. The van der Waals surface area contributed by atoms with E-state index in [2.05, 4.69) is 19.6 Å². The molecular formula is C13H26N4O2S. The molecule has 1 aromatic heterocycles. The number of aryl methyl sites for hydroxylation is 1. The van der Waals surface area contributed by atoms with E-state index >= 15 is 0 Å². The fourth-order valence-corrected chi connectivity index (χ4v) is 3.05. The maximum absolute atomic E-state index is 11.5. The second-order valence-corrected chi connectivity index (χ2v) is 7.06. The van der Waals surface area contributed by atoms with Crippen molar-refractivity contribution in [3.05, 3.63) is 17.7 Å². The lowest BCUT2D eigenvalue weighted by molar-refractivity contribution is 0.499. The molecule has 0 bridgehead atoms. The quantitative estimate of drug-likeness (QED) is 0.708. The summed E-state index contributed by atoms with van der Waals surface area (Å²) >= 11 is 0. The first-order valence-electron chi connectivity index (χ1n) is 7.04. The van der Waals surface area contributed by atoms with Gasteiger partial charge in [-0.1, -0.05) is 6.92 Å². The van der Waals surface area contributed by atoms with Gasteiger partial charge in [-0.15, -0.1) is 0 Å². The molecule has 0 spiro atoms. The molecule has 0 fully saturated rings. The second-order valence-electron chi connectivity index (χ2n) is 5.13. The van der Waals surface area contributed by atoms with Gasteiger partial charge in [-0.3, -0.25) is 0 Å². The van der Waals surface area contributed by atoms with Gasteiger partial charge in [0.15, 0.2) is 0 Å².